The van der Waals surface area contributed by atoms with Gasteiger partial charge in [0.15, 0.2) is 0 Å². The van der Waals surface area contributed by atoms with Gasteiger partial charge >= 0.3 is 0 Å². The Hall–Kier alpha value is -1.61. The first-order chi connectivity index (χ1) is 9.97. The van der Waals surface area contributed by atoms with Crippen LogP contribution in [0.3, 0.4) is 0 Å². The van der Waals surface area contributed by atoms with Gasteiger partial charge in [-0.05, 0) is 36.0 Å². The lowest BCUT2D eigenvalue weighted by molar-refractivity contribution is 0.356. The van der Waals surface area contributed by atoms with Gasteiger partial charge < -0.3 is 4.90 Å². The van der Waals surface area contributed by atoms with Crippen molar-refractivity contribution < 1.29 is 0 Å². The van der Waals surface area contributed by atoms with Gasteiger partial charge in [-0.2, -0.15) is 0 Å². The molecule has 21 heavy (non-hydrogen) atoms. The van der Waals surface area contributed by atoms with E-state index in [1.807, 2.05) is 0 Å². The van der Waals surface area contributed by atoms with Crippen LogP contribution in [0.5, 0.6) is 0 Å². The molecule has 2 aromatic rings. The predicted molar refractivity (Wildman–Crippen MR) is 87.0 cm³/mol. The summed E-state index contributed by atoms with van der Waals surface area (Å²) in [4.78, 5) is 26.1. The van der Waals surface area contributed by atoms with E-state index in [1.165, 1.54) is 6.42 Å². The van der Waals surface area contributed by atoms with Gasteiger partial charge in [0.1, 0.15) is 5.69 Å². The fourth-order valence-electron chi connectivity index (χ4n) is 3.41. The Morgan fingerprint density at radius 1 is 1.00 bits per heavy atom. The maximum Gasteiger partial charge on any atom is 0.250 e. The van der Waals surface area contributed by atoms with Gasteiger partial charge in [-0.25, -0.2) is 0 Å². The van der Waals surface area contributed by atoms with Crippen molar-refractivity contribution in [1.82, 2.24) is 0 Å². The molecule has 1 aliphatic rings. The molecule has 110 valence electrons. The van der Waals surface area contributed by atoms with Crippen molar-refractivity contribution in [1.29, 1.82) is 0 Å². The standard InChI is InChI=1S/C17H18ClNO2/c1-10-7-11(2)9-19(8-10)15-14(16(20)17(15)21)12-3-5-13(18)6-4-12/h3-6,10-11H,7-9H2,1-2H3/t10-,11-/m1/s1. The fraction of sp³-hybridized carbons (Fsp3) is 0.412. The van der Waals surface area contributed by atoms with Gasteiger partial charge in [-0.3, -0.25) is 9.59 Å². The molecule has 0 spiro atoms. The quantitative estimate of drug-likeness (QED) is 0.800. The third-order valence-corrected chi connectivity index (χ3v) is 4.46. The van der Waals surface area contributed by atoms with Crippen LogP contribution in [0.1, 0.15) is 20.3 Å². The maximum atomic E-state index is 12.0. The van der Waals surface area contributed by atoms with Crippen LogP contribution in [0, 0.1) is 11.8 Å². The zero-order valence-corrected chi connectivity index (χ0v) is 13.0. The molecule has 0 radical (unpaired) electrons. The predicted octanol–water partition coefficient (Wildman–Crippen LogP) is 3.09. The van der Waals surface area contributed by atoms with Gasteiger partial charge in [0.2, 0.25) is 10.9 Å². The number of hydrogen-bond acceptors (Lipinski definition) is 3. The van der Waals surface area contributed by atoms with Gasteiger partial charge in [-0.1, -0.05) is 37.6 Å². The number of hydrogen-bond donors (Lipinski definition) is 0. The highest BCUT2D eigenvalue weighted by Gasteiger charge is 2.31. The summed E-state index contributed by atoms with van der Waals surface area (Å²) in [6.07, 6.45) is 1.17. The summed E-state index contributed by atoms with van der Waals surface area (Å²) in [5.74, 6) is 1.08. The Balaban J connectivity index is 2.01. The normalized spacial score (nSPS) is 22.7. The monoisotopic (exact) mass is 303 g/mol. The van der Waals surface area contributed by atoms with Crippen LogP contribution in [0.25, 0.3) is 11.1 Å². The largest absolute Gasteiger partial charge is 0.367 e. The Bertz CT molecular complexity index is 718. The summed E-state index contributed by atoms with van der Waals surface area (Å²) in [5.41, 5.74) is 1.21. The van der Waals surface area contributed by atoms with Crippen LogP contribution in [0.2, 0.25) is 5.02 Å². The molecule has 0 N–H and O–H groups in total. The summed E-state index contributed by atoms with van der Waals surface area (Å²) < 4.78 is 0. The summed E-state index contributed by atoms with van der Waals surface area (Å²) >= 11 is 5.89. The van der Waals surface area contributed by atoms with E-state index in [1.54, 1.807) is 24.3 Å². The molecule has 4 heteroatoms. The first-order valence-corrected chi connectivity index (χ1v) is 7.69. The summed E-state index contributed by atoms with van der Waals surface area (Å²) in [6.45, 7) is 6.07. The molecule has 1 heterocycles. The zero-order valence-electron chi connectivity index (χ0n) is 12.2. The van der Waals surface area contributed by atoms with Crippen molar-refractivity contribution in [3.05, 3.63) is 49.7 Å². The van der Waals surface area contributed by atoms with Gasteiger partial charge in [0.25, 0.3) is 0 Å². The van der Waals surface area contributed by atoms with Crippen LogP contribution < -0.4 is 15.8 Å². The van der Waals surface area contributed by atoms with E-state index in [0.29, 0.717) is 28.1 Å². The molecule has 2 atom stereocenters. The molecule has 0 bridgehead atoms. The van der Waals surface area contributed by atoms with Crippen molar-refractivity contribution in [2.45, 2.75) is 20.3 Å². The topological polar surface area (TPSA) is 37.4 Å². The second-order valence-corrected chi connectivity index (χ2v) is 6.68. The van der Waals surface area contributed by atoms with Crippen molar-refractivity contribution in [2.75, 3.05) is 18.0 Å². The highest BCUT2D eigenvalue weighted by Crippen LogP contribution is 2.32. The number of rotatable bonds is 2. The smallest absolute Gasteiger partial charge is 0.250 e. The van der Waals surface area contributed by atoms with E-state index in [4.69, 9.17) is 11.6 Å². The van der Waals surface area contributed by atoms with Crippen LogP contribution in [-0.4, -0.2) is 13.1 Å². The highest BCUT2D eigenvalue weighted by atomic mass is 35.5. The summed E-state index contributed by atoms with van der Waals surface area (Å²) in [7, 11) is 0. The van der Waals surface area contributed by atoms with E-state index >= 15 is 0 Å². The molecule has 0 saturated carbocycles. The minimum atomic E-state index is -0.377. The SMILES string of the molecule is C[C@@H]1C[C@@H](C)CN(c2c(-c3ccc(Cl)cc3)c(=O)c2=O)C1. The third kappa shape index (κ3) is 2.51. The van der Waals surface area contributed by atoms with E-state index in [2.05, 4.69) is 18.7 Å². The second kappa shape index (κ2) is 5.30. The molecule has 2 aromatic carbocycles. The van der Waals surface area contributed by atoms with Crippen molar-refractivity contribution >= 4 is 17.3 Å². The lowest BCUT2D eigenvalue weighted by Crippen LogP contribution is -2.47. The van der Waals surface area contributed by atoms with Gasteiger partial charge in [0.05, 0.1) is 5.56 Å². The molecule has 0 aliphatic carbocycles. The van der Waals surface area contributed by atoms with Crippen LogP contribution in [0.15, 0.2) is 33.9 Å². The summed E-state index contributed by atoms with van der Waals surface area (Å²) in [5, 5.41) is 0.624. The van der Waals surface area contributed by atoms with E-state index < -0.39 is 0 Å². The average molecular weight is 304 g/mol. The highest BCUT2D eigenvalue weighted by molar-refractivity contribution is 6.30. The van der Waals surface area contributed by atoms with Crippen molar-refractivity contribution in [2.24, 2.45) is 11.8 Å². The van der Waals surface area contributed by atoms with E-state index in [-0.39, 0.29) is 10.9 Å². The molecule has 0 unspecified atom stereocenters. The lowest BCUT2D eigenvalue weighted by atomic mass is 9.89. The molecule has 0 aromatic heterocycles. The maximum absolute atomic E-state index is 12.0. The Morgan fingerprint density at radius 3 is 2.14 bits per heavy atom. The number of piperidine rings is 1. The molecular weight excluding hydrogens is 286 g/mol. The molecule has 1 fully saturated rings. The Morgan fingerprint density at radius 2 is 1.57 bits per heavy atom. The number of halogens is 1. The minimum Gasteiger partial charge on any atom is -0.367 e. The fourth-order valence-corrected chi connectivity index (χ4v) is 3.54. The number of nitrogens with zero attached hydrogens (tertiary/aromatic N) is 1. The van der Waals surface area contributed by atoms with E-state index in [0.717, 1.165) is 18.7 Å². The first kappa shape index (κ1) is 14.3. The first-order valence-electron chi connectivity index (χ1n) is 7.31. The molecule has 1 saturated heterocycles. The van der Waals surface area contributed by atoms with Gasteiger partial charge in [0, 0.05) is 18.1 Å². The molecule has 0 amide bonds. The second-order valence-electron chi connectivity index (χ2n) is 6.24. The summed E-state index contributed by atoms with van der Waals surface area (Å²) in [6, 6.07) is 7.11. The van der Waals surface area contributed by atoms with E-state index in [9.17, 15) is 9.59 Å². The zero-order chi connectivity index (χ0) is 15.1. The average Bonchev–Trinajstić information content (AvgIpc) is 2.44. The van der Waals surface area contributed by atoms with Crippen LogP contribution >= 0.6 is 11.6 Å². The minimum absolute atomic E-state index is 0.346. The number of anilines is 1. The lowest BCUT2D eigenvalue weighted by Gasteiger charge is -2.37. The number of benzene rings is 1. The molecule has 3 nitrogen and oxygen atoms in total. The molecular formula is C17H18ClNO2. The Labute approximate surface area is 128 Å². The van der Waals surface area contributed by atoms with Crippen molar-refractivity contribution in [3.8, 4) is 11.1 Å². The molecule has 1 aliphatic heterocycles. The van der Waals surface area contributed by atoms with Crippen LogP contribution in [-0.2, 0) is 0 Å². The Kier molecular flexibility index (Phi) is 3.62. The van der Waals surface area contributed by atoms with Crippen LogP contribution in [0.4, 0.5) is 5.69 Å². The third-order valence-electron chi connectivity index (χ3n) is 4.20. The molecule has 3 rings (SSSR count). The van der Waals surface area contributed by atoms with Gasteiger partial charge in [-0.15, -0.1) is 0 Å². The van der Waals surface area contributed by atoms with Crippen molar-refractivity contribution in [3.63, 3.8) is 0 Å².